The third-order valence-electron chi connectivity index (χ3n) is 5.47. The Labute approximate surface area is 198 Å². The first kappa shape index (κ1) is 23.3. The molecule has 3 aromatic rings. The number of amides is 2. The number of para-hydroxylation sites is 1. The average molecular weight is 480 g/mol. The van der Waals surface area contributed by atoms with Gasteiger partial charge in [-0.15, -0.1) is 0 Å². The lowest BCUT2D eigenvalue weighted by molar-refractivity contribution is 0.0527. The van der Waals surface area contributed by atoms with Crippen molar-refractivity contribution in [2.45, 2.75) is 25.2 Å². The van der Waals surface area contributed by atoms with Crippen LogP contribution in [-0.4, -0.2) is 33.6 Å². The SMILES string of the molecule is CCOC(=O)c1ccccc1NC(=O)Nc1ccc2c(c1)CCN2S(=O)(=O)c1ccc(C)cc1. The summed E-state index contributed by atoms with van der Waals surface area (Å²) < 4.78 is 32.7. The van der Waals surface area contributed by atoms with Crippen LogP contribution >= 0.6 is 0 Å². The fourth-order valence-electron chi connectivity index (χ4n) is 3.80. The Hall–Kier alpha value is -3.85. The van der Waals surface area contributed by atoms with Gasteiger partial charge in [-0.05, 0) is 68.3 Å². The maximum atomic E-state index is 13.1. The molecule has 1 aliphatic heterocycles. The topological polar surface area (TPSA) is 105 Å². The summed E-state index contributed by atoms with van der Waals surface area (Å²) in [6.45, 7) is 4.17. The van der Waals surface area contributed by atoms with Gasteiger partial charge in [-0.1, -0.05) is 29.8 Å². The normalized spacial score (nSPS) is 12.7. The van der Waals surface area contributed by atoms with E-state index in [4.69, 9.17) is 4.74 Å². The molecule has 0 atom stereocenters. The van der Waals surface area contributed by atoms with Crippen molar-refractivity contribution in [1.82, 2.24) is 0 Å². The molecule has 0 aromatic heterocycles. The monoisotopic (exact) mass is 479 g/mol. The fourth-order valence-corrected chi connectivity index (χ4v) is 5.30. The molecule has 1 heterocycles. The van der Waals surface area contributed by atoms with Crippen molar-refractivity contribution >= 4 is 39.1 Å². The van der Waals surface area contributed by atoms with Crippen molar-refractivity contribution in [2.24, 2.45) is 0 Å². The molecular weight excluding hydrogens is 454 g/mol. The number of aryl methyl sites for hydroxylation is 1. The number of benzene rings is 3. The van der Waals surface area contributed by atoms with Crippen LogP contribution in [-0.2, 0) is 21.2 Å². The smallest absolute Gasteiger partial charge is 0.340 e. The third kappa shape index (κ3) is 4.74. The predicted octanol–water partition coefficient (Wildman–Crippen LogP) is 4.57. The number of nitrogens with zero attached hydrogens (tertiary/aromatic N) is 1. The van der Waals surface area contributed by atoms with Crippen LogP contribution in [0.2, 0.25) is 0 Å². The molecule has 8 nitrogen and oxygen atoms in total. The summed E-state index contributed by atoms with van der Waals surface area (Å²) >= 11 is 0. The van der Waals surface area contributed by atoms with E-state index in [2.05, 4.69) is 10.6 Å². The van der Waals surface area contributed by atoms with Crippen LogP contribution in [0.4, 0.5) is 21.9 Å². The Morgan fingerprint density at radius 2 is 1.74 bits per heavy atom. The van der Waals surface area contributed by atoms with Gasteiger partial charge in [0.1, 0.15) is 0 Å². The van der Waals surface area contributed by atoms with Crippen LogP contribution in [0.25, 0.3) is 0 Å². The summed E-state index contributed by atoms with van der Waals surface area (Å²) in [5.74, 6) is -0.522. The van der Waals surface area contributed by atoms with E-state index >= 15 is 0 Å². The molecule has 0 aliphatic carbocycles. The van der Waals surface area contributed by atoms with E-state index in [1.165, 1.54) is 4.31 Å². The second-order valence-electron chi connectivity index (χ2n) is 7.83. The second kappa shape index (κ2) is 9.56. The van der Waals surface area contributed by atoms with Gasteiger partial charge in [-0.3, -0.25) is 4.31 Å². The molecule has 2 amide bonds. The van der Waals surface area contributed by atoms with Crippen LogP contribution in [0.15, 0.2) is 71.6 Å². The lowest BCUT2D eigenvalue weighted by atomic mass is 10.1. The number of carbonyl (C=O) groups is 2. The Balaban J connectivity index is 1.49. The Morgan fingerprint density at radius 1 is 1.00 bits per heavy atom. The summed E-state index contributed by atoms with van der Waals surface area (Å²) in [6, 6.07) is 17.9. The summed E-state index contributed by atoms with van der Waals surface area (Å²) in [4.78, 5) is 24.9. The van der Waals surface area contributed by atoms with Crippen molar-refractivity contribution < 1.29 is 22.7 Å². The number of hydrogen-bond donors (Lipinski definition) is 2. The van der Waals surface area contributed by atoms with Crippen LogP contribution < -0.4 is 14.9 Å². The number of rotatable bonds is 6. The number of sulfonamides is 1. The lowest BCUT2D eigenvalue weighted by Crippen LogP contribution is -2.29. The van der Waals surface area contributed by atoms with E-state index in [0.29, 0.717) is 30.0 Å². The molecule has 2 N–H and O–H groups in total. The zero-order valence-electron chi connectivity index (χ0n) is 18.9. The van der Waals surface area contributed by atoms with E-state index in [1.807, 2.05) is 6.92 Å². The predicted molar refractivity (Wildman–Crippen MR) is 131 cm³/mol. The van der Waals surface area contributed by atoms with Crippen LogP contribution in [0.3, 0.4) is 0 Å². The number of urea groups is 1. The maximum absolute atomic E-state index is 13.1. The Kier molecular flexibility index (Phi) is 6.56. The van der Waals surface area contributed by atoms with E-state index in [0.717, 1.165) is 11.1 Å². The van der Waals surface area contributed by atoms with Crippen LogP contribution in [0, 0.1) is 6.92 Å². The van der Waals surface area contributed by atoms with E-state index in [-0.39, 0.29) is 17.1 Å². The Bertz CT molecular complexity index is 1340. The number of hydrogen-bond acceptors (Lipinski definition) is 5. The molecule has 0 bridgehead atoms. The molecule has 0 spiro atoms. The minimum absolute atomic E-state index is 0.227. The van der Waals surface area contributed by atoms with Gasteiger partial charge in [0.25, 0.3) is 10.0 Å². The molecule has 0 radical (unpaired) electrons. The molecule has 0 saturated heterocycles. The molecule has 34 heavy (non-hydrogen) atoms. The standard InChI is InChI=1S/C25H25N3O5S/c1-3-33-24(29)21-6-4-5-7-22(21)27-25(30)26-19-10-13-23-18(16-19)14-15-28(23)34(31,32)20-11-8-17(2)9-12-20/h4-13,16H,3,14-15H2,1-2H3,(H2,26,27,30). The molecule has 3 aromatic carbocycles. The molecule has 4 rings (SSSR count). The van der Waals surface area contributed by atoms with Gasteiger partial charge in [0, 0.05) is 12.2 Å². The quantitative estimate of drug-likeness (QED) is 0.504. The highest BCUT2D eigenvalue weighted by atomic mass is 32.2. The summed E-state index contributed by atoms with van der Waals surface area (Å²) in [7, 11) is -3.67. The molecule has 9 heteroatoms. The third-order valence-corrected chi connectivity index (χ3v) is 7.30. The van der Waals surface area contributed by atoms with E-state index < -0.39 is 22.0 Å². The molecule has 0 fully saturated rings. The highest BCUT2D eigenvalue weighted by Crippen LogP contribution is 2.34. The zero-order chi connectivity index (χ0) is 24.3. The summed E-state index contributed by atoms with van der Waals surface area (Å²) in [5.41, 5.74) is 3.50. The average Bonchev–Trinajstić information content (AvgIpc) is 3.24. The highest BCUT2D eigenvalue weighted by molar-refractivity contribution is 7.92. The van der Waals surface area contributed by atoms with Crippen molar-refractivity contribution in [3.8, 4) is 0 Å². The van der Waals surface area contributed by atoms with Gasteiger partial charge in [0.2, 0.25) is 0 Å². The van der Waals surface area contributed by atoms with Crippen molar-refractivity contribution in [3.05, 3.63) is 83.4 Å². The van der Waals surface area contributed by atoms with Crippen molar-refractivity contribution in [1.29, 1.82) is 0 Å². The van der Waals surface area contributed by atoms with Gasteiger partial charge in [-0.25, -0.2) is 18.0 Å². The minimum atomic E-state index is -3.67. The highest BCUT2D eigenvalue weighted by Gasteiger charge is 2.31. The van der Waals surface area contributed by atoms with Gasteiger partial charge in [-0.2, -0.15) is 0 Å². The second-order valence-corrected chi connectivity index (χ2v) is 9.69. The maximum Gasteiger partial charge on any atom is 0.340 e. The van der Waals surface area contributed by atoms with Crippen molar-refractivity contribution in [2.75, 3.05) is 28.1 Å². The fraction of sp³-hybridized carbons (Fsp3) is 0.200. The van der Waals surface area contributed by atoms with Gasteiger partial charge in [0.15, 0.2) is 0 Å². The first-order valence-electron chi connectivity index (χ1n) is 10.9. The molecule has 1 aliphatic rings. The zero-order valence-corrected chi connectivity index (χ0v) is 19.7. The summed E-state index contributed by atoms with van der Waals surface area (Å²) in [6.07, 6.45) is 0.531. The lowest BCUT2D eigenvalue weighted by Gasteiger charge is -2.20. The first-order chi connectivity index (χ1) is 16.3. The van der Waals surface area contributed by atoms with Crippen LogP contribution in [0.5, 0.6) is 0 Å². The number of nitrogens with one attached hydrogen (secondary N) is 2. The first-order valence-corrected chi connectivity index (χ1v) is 12.3. The van der Waals surface area contributed by atoms with E-state index in [1.54, 1.807) is 73.7 Å². The number of anilines is 3. The Morgan fingerprint density at radius 3 is 2.47 bits per heavy atom. The minimum Gasteiger partial charge on any atom is -0.462 e. The van der Waals surface area contributed by atoms with Crippen molar-refractivity contribution in [3.63, 3.8) is 0 Å². The van der Waals surface area contributed by atoms with Gasteiger partial charge < -0.3 is 15.4 Å². The number of fused-ring (bicyclic) bond motifs is 1. The number of ether oxygens (including phenoxy) is 1. The largest absolute Gasteiger partial charge is 0.462 e. The van der Waals surface area contributed by atoms with Gasteiger partial charge >= 0.3 is 12.0 Å². The molecule has 176 valence electrons. The molecular formula is C25H25N3O5S. The van der Waals surface area contributed by atoms with Crippen LogP contribution in [0.1, 0.15) is 28.4 Å². The van der Waals surface area contributed by atoms with E-state index in [9.17, 15) is 18.0 Å². The number of carbonyl (C=O) groups excluding carboxylic acids is 2. The van der Waals surface area contributed by atoms with Gasteiger partial charge in [0.05, 0.1) is 28.4 Å². The molecule has 0 unspecified atom stereocenters. The summed E-state index contributed by atoms with van der Waals surface area (Å²) in [5, 5.41) is 5.41. The number of esters is 1. The molecule has 0 saturated carbocycles.